The van der Waals surface area contributed by atoms with Gasteiger partial charge in [0.05, 0.1) is 20.0 Å². The number of nitrogens with zero attached hydrogens (tertiary/aromatic N) is 3. The summed E-state index contributed by atoms with van der Waals surface area (Å²) in [5.74, 6) is 1.69. The van der Waals surface area contributed by atoms with Gasteiger partial charge in [0.15, 0.2) is 0 Å². The number of hydrogen-bond donors (Lipinski definition) is 0. The number of sulfonamides is 1. The third-order valence-electron chi connectivity index (χ3n) is 4.95. The first-order valence-electron chi connectivity index (χ1n) is 9.33. The normalized spacial score (nSPS) is 16.1. The van der Waals surface area contributed by atoms with Crippen LogP contribution < -0.4 is 9.47 Å². The molecule has 0 N–H and O–H groups in total. The molecule has 1 aromatic heterocycles. The van der Waals surface area contributed by atoms with Crippen LogP contribution >= 0.6 is 0 Å². The fourth-order valence-electron chi connectivity index (χ4n) is 3.32. The quantitative estimate of drug-likeness (QED) is 0.667. The minimum Gasteiger partial charge on any atom is -0.497 e. The highest BCUT2D eigenvalue weighted by Crippen LogP contribution is 2.25. The largest absolute Gasteiger partial charge is 0.497 e. The van der Waals surface area contributed by atoms with Gasteiger partial charge in [-0.2, -0.15) is 4.31 Å². The zero-order chi connectivity index (χ0) is 20.0. The van der Waals surface area contributed by atoms with Crippen LogP contribution in [0.5, 0.6) is 11.5 Å². The molecule has 0 amide bonds. The maximum atomic E-state index is 12.7. The van der Waals surface area contributed by atoms with E-state index in [1.54, 1.807) is 24.7 Å². The molecule has 152 valence electrons. The van der Waals surface area contributed by atoms with Crippen LogP contribution in [0, 0.1) is 0 Å². The van der Waals surface area contributed by atoms with E-state index in [9.17, 15) is 8.42 Å². The SMILES string of the molecule is COc1ccc(OC)c(CN2CCN(S(=O)(=O)CCc3ccccn3)CC2)c1. The molecule has 0 radical (unpaired) electrons. The fourth-order valence-corrected chi connectivity index (χ4v) is 4.77. The Bertz CT molecular complexity index is 866. The van der Waals surface area contributed by atoms with E-state index in [4.69, 9.17) is 9.47 Å². The second-order valence-corrected chi connectivity index (χ2v) is 8.83. The van der Waals surface area contributed by atoms with Crippen LogP contribution in [0.4, 0.5) is 0 Å². The first-order chi connectivity index (χ1) is 13.5. The predicted octanol–water partition coefficient (Wildman–Crippen LogP) is 1.79. The average Bonchev–Trinajstić information content (AvgIpc) is 2.73. The summed E-state index contributed by atoms with van der Waals surface area (Å²) >= 11 is 0. The number of aryl methyl sites for hydroxylation is 1. The van der Waals surface area contributed by atoms with Crippen LogP contribution in [0.25, 0.3) is 0 Å². The Hall–Kier alpha value is -2.16. The van der Waals surface area contributed by atoms with Crippen molar-refractivity contribution in [2.45, 2.75) is 13.0 Å². The van der Waals surface area contributed by atoms with Crippen molar-refractivity contribution in [2.24, 2.45) is 0 Å². The molecule has 8 heteroatoms. The van der Waals surface area contributed by atoms with Crippen LogP contribution in [-0.2, 0) is 23.0 Å². The maximum absolute atomic E-state index is 12.7. The van der Waals surface area contributed by atoms with Crippen molar-refractivity contribution in [3.63, 3.8) is 0 Å². The highest BCUT2D eigenvalue weighted by atomic mass is 32.2. The fraction of sp³-hybridized carbons (Fsp3) is 0.450. The molecule has 1 fully saturated rings. The van der Waals surface area contributed by atoms with E-state index in [1.165, 1.54) is 0 Å². The van der Waals surface area contributed by atoms with E-state index in [1.807, 2.05) is 36.4 Å². The molecule has 2 heterocycles. The molecule has 0 atom stereocenters. The lowest BCUT2D eigenvalue weighted by atomic mass is 10.1. The molecular formula is C20H27N3O4S. The Labute approximate surface area is 166 Å². The minimum atomic E-state index is -3.28. The maximum Gasteiger partial charge on any atom is 0.214 e. The number of methoxy groups -OCH3 is 2. The average molecular weight is 406 g/mol. The minimum absolute atomic E-state index is 0.0910. The Kier molecular flexibility index (Phi) is 6.88. The summed E-state index contributed by atoms with van der Waals surface area (Å²) < 4.78 is 37.6. The van der Waals surface area contributed by atoms with Gasteiger partial charge in [-0.15, -0.1) is 0 Å². The van der Waals surface area contributed by atoms with E-state index >= 15 is 0 Å². The summed E-state index contributed by atoms with van der Waals surface area (Å²) in [5.41, 5.74) is 1.84. The van der Waals surface area contributed by atoms with E-state index < -0.39 is 10.0 Å². The van der Waals surface area contributed by atoms with Gasteiger partial charge in [0.1, 0.15) is 11.5 Å². The zero-order valence-corrected chi connectivity index (χ0v) is 17.2. The summed E-state index contributed by atoms with van der Waals surface area (Å²) in [6.07, 6.45) is 2.12. The van der Waals surface area contributed by atoms with Crippen molar-refractivity contribution in [3.8, 4) is 11.5 Å². The molecule has 3 rings (SSSR count). The highest BCUT2D eigenvalue weighted by Gasteiger charge is 2.27. The monoisotopic (exact) mass is 405 g/mol. The topological polar surface area (TPSA) is 72.0 Å². The van der Waals surface area contributed by atoms with Crippen molar-refractivity contribution in [1.82, 2.24) is 14.2 Å². The second kappa shape index (κ2) is 9.36. The smallest absolute Gasteiger partial charge is 0.214 e. The lowest BCUT2D eigenvalue weighted by Crippen LogP contribution is -2.49. The molecule has 0 bridgehead atoms. The van der Waals surface area contributed by atoms with Crippen molar-refractivity contribution in [1.29, 1.82) is 0 Å². The number of pyridine rings is 1. The van der Waals surface area contributed by atoms with Gasteiger partial charge in [0, 0.05) is 56.6 Å². The molecule has 1 aliphatic heterocycles. The molecule has 0 spiro atoms. The summed E-state index contributed by atoms with van der Waals surface area (Å²) in [6, 6.07) is 11.3. The van der Waals surface area contributed by atoms with Gasteiger partial charge in [-0.1, -0.05) is 6.07 Å². The molecule has 0 unspecified atom stereocenters. The second-order valence-electron chi connectivity index (χ2n) is 6.74. The lowest BCUT2D eigenvalue weighted by molar-refractivity contribution is 0.180. The van der Waals surface area contributed by atoms with Gasteiger partial charge in [-0.25, -0.2) is 8.42 Å². The first kappa shape index (κ1) is 20.6. The molecular weight excluding hydrogens is 378 g/mol. The zero-order valence-electron chi connectivity index (χ0n) is 16.4. The van der Waals surface area contributed by atoms with Crippen molar-refractivity contribution in [2.75, 3.05) is 46.2 Å². The Morgan fingerprint density at radius 3 is 2.46 bits per heavy atom. The third kappa shape index (κ3) is 5.21. The standard InChI is InChI=1S/C20H27N3O4S/c1-26-19-6-7-20(27-2)17(15-19)16-22-10-12-23(13-11-22)28(24,25)14-8-18-5-3-4-9-21-18/h3-7,9,15H,8,10-14,16H2,1-2H3. The molecule has 7 nitrogen and oxygen atoms in total. The summed E-state index contributed by atoms with van der Waals surface area (Å²) in [7, 11) is 0.00995. The van der Waals surface area contributed by atoms with E-state index in [0.29, 0.717) is 39.1 Å². The molecule has 0 saturated carbocycles. The number of piperazine rings is 1. The summed E-state index contributed by atoms with van der Waals surface area (Å²) in [4.78, 5) is 6.44. The number of hydrogen-bond acceptors (Lipinski definition) is 6. The number of rotatable bonds is 8. The van der Waals surface area contributed by atoms with E-state index in [0.717, 1.165) is 22.8 Å². The van der Waals surface area contributed by atoms with Gasteiger partial charge < -0.3 is 9.47 Å². The van der Waals surface area contributed by atoms with Crippen molar-refractivity contribution in [3.05, 3.63) is 53.9 Å². The van der Waals surface area contributed by atoms with Gasteiger partial charge in [0.2, 0.25) is 10.0 Å². The Morgan fingerprint density at radius 2 is 1.82 bits per heavy atom. The molecule has 28 heavy (non-hydrogen) atoms. The molecule has 1 aromatic carbocycles. The Morgan fingerprint density at radius 1 is 1.04 bits per heavy atom. The van der Waals surface area contributed by atoms with Crippen LogP contribution in [0.15, 0.2) is 42.6 Å². The van der Waals surface area contributed by atoms with Crippen molar-refractivity contribution >= 4 is 10.0 Å². The Balaban J connectivity index is 1.55. The van der Waals surface area contributed by atoms with Gasteiger partial charge in [-0.05, 0) is 30.3 Å². The van der Waals surface area contributed by atoms with Crippen LogP contribution in [0.2, 0.25) is 0 Å². The van der Waals surface area contributed by atoms with Crippen LogP contribution in [0.1, 0.15) is 11.3 Å². The number of ether oxygens (including phenoxy) is 2. The molecule has 2 aromatic rings. The van der Waals surface area contributed by atoms with E-state index in [2.05, 4.69) is 9.88 Å². The van der Waals surface area contributed by atoms with Gasteiger partial charge in [-0.3, -0.25) is 9.88 Å². The predicted molar refractivity (Wildman–Crippen MR) is 108 cm³/mol. The van der Waals surface area contributed by atoms with Crippen molar-refractivity contribution < 1.29 is 17.9 Å². The van der Waals surface area contributed by atoms with Gasteiger partial charge >= 0.3 is 0 Å². The first-order valence-corrected chi connectivity index (χ1v) is 10.9. The number of aromatic nitrogens is 1. The summed E-state index contributed by atoms with van der Waals surface area (Å²) in [6.45, 7) is 3.06. The highest BCUT2D eigenvalue weighted by molar-refractivity contribution is 7.89. The summed E-state index contributed by atoms with van der Waals surface area (Å²) in [5, 5.41) is 0. The third-order valence-corrected chi connectivity index (χ3v) is 6.82. The van der Waals surface area contributed by atoms with Crippen LogP contribution in [0.3, 0.4) is 0 Å². The number of benzene rings is 1. The van der Waals surface area contributed by atoms with E-state index in [-0.39, 0.29) is 5.75 Å². The lowest BCUT2D eigenvalue weighted by Gasteiger charge is -2.34. The molecule has 1 aliphatic rings. The molecule has 1 saturated heterocycles. The van der Waals surface area contributed by atoms with Crippen LogP contribution in [-0.4, -0.2) is 68.8 Å². The van der Waals surface area contributed by atoms with Gasteiger partial charge in [0.25, 0.3) is 0 Å². The molecule has 0 aliphatic carbocycles.